The number of nitrogens with zero attached hydrogens (tertiary/aromatic N) is 2. The van der Waals surface area contributed by atoms with Crippen molar-refractivity contribution in [2.75, 3.05) is 32.8 Å². The Kier molecular flexibility index (Phi) is 8.22. The minimum absolute atomic E-state index is 0.0284. The molecule has 1 atom stereocenters. The van der Waals surface area contributed by atoms with Crippen molar-refractivity contribution in [3.05, 3.63) is 57.8 Å². The van der Waals surface area contributed by atoms with Gasteiger partial charge < -0.3 is 15.2 Å². The first kappa shape index (κ1) is 25.7. The van der Waals surface area contributed by atoms with Crippen LogP contribution in [0.4, 0.5) is 4.39 Å². The Hall–Kier alpha value is -1.93. The molecule has 1 fully saturated rings. The van der Waals surface area contributed by atoms with Gasteiger partial charge in [-0.15, -0.1) is 0 Å². The first-order valence-corrected chi connectivity index (χ1v) is 12.4. The fourth-order valence-electron chi connectivity index (χ4n) is 3.53. The van der Waals surface area contributed by atoms with Gasteiger partial charge in [-0.3, -0.25) is 0 Å². The maximum Gasteiger partial charge on any atom is 0.244 e. The zero-order valence-corrected chi connectivity index (χ0v) is 20.2. The molecule has 0 spiro atoms. The highest BCUT2D eigenvalue weighted by Gasteiger charge is 2.49. The number of ether oxygens (including phenoxy) is 1. The molecule has 1 heterocycles. The Bertz CT molecular complexity index is 1150. The van der Waals surface area contributed by atoms with Crippen LogP contribution in [0, 0.1) is 22.6 Å². The number of sulfonamides is 1. The van der Waals surface area contributed by atoms with Crippen molar-refractivity contribution in [1.82, 2.24) is 9.62 Å². The lowest BCUT2D eigenvalue weighted by Crippen LogP contribution is -2.64. The number of rotatable bonds is 10. The number of halogens is 3. The van der Waals surface area contributed by atoms with Gasteiger partial charge in [-0.2, -0.15) is 9.57 Å². The normalized spacial score (nSPS) is 16.6. The Morgan fingerprint density at radius 3 is 2.64 bits per heavy atom. The van der Waals surface area contributed by atoms with Crippen LogP contribution in [0.1, 0.15) is 18.9 Å². The van der Waals surface area contributed by atoms with Gasteiger partial charge in [-0.1, -0.05) is 23.2 Å². The Morgan fingerprint density at radius 1 is 1.30 bits per heavy atom. The molecular formula is C22H24Cl2FN3O4S. The number of aliphatic hydroxyl groups is 1. The Balaban J connectivity index is 1.73. The third-order valence-electron chi connectivity index (χ3n) is 5.38. The smallest absolute Gasteiger partial charge is 0.244 e. The van der Waals surface area contributed by atoms with Crippen molar-refractivity contribution in [3.8, 4) is 11.8 Å². The zero-order chi connectivity index (χ0) is 24.2. The lowest BCUT2D eigenvalue weighted by molar-refractivity contribution is 0.0188. The number of nitrogens with one attached hydrogen (secondary N) is 1. The van der Waals surface area contributed by atoms with Crippen molar-refractivity contribution < 1.29 is 22.7 Å². The lowest BCUT2D eigenvalue weighted by atomic mass is 9.82. The van der Waals surface area contributed by atoms with E-state index in [4.69, 9.17) is 33.2 Å². The fourth-order valence-corrected chi connectivity index (χ4v) is 5.94. The summed E-state index contributed by atoms with van der Waals surface area (Å²) < 4.78 is 47.1. The number of nitriles is 1. The van der Waals surface area contributed by atoms with Crippen LogP contribution in [-0.4, -0.2) is 56.7 Å². The molecule has 33 heavy (non-hydrogen) atoms. The lowest BCUT2D eigenvalue weighted by Gasteiger charge is -2.49. The van der Waals surface area contributed by atoms with Crippen molar-refractivity contribution in [2.24, 2.45) is 5.41 Å². The molecular weight excluding hydrogens is 492 g/mol. The summed E-state index contributed by atoms with van der Waals surface area (Å²) in [4.78, 5) is -0.0284. The van der Waals surface area contributed by atoms with Crippen LogP contribution < -0.4 is 10.1 Å². The maximum atomic E-state index is 13.9. The summed E-state index contributed by atoms with van der Waals surface area (Å²) >= 11 is 12.0. The molecule has 178 valence electrons. The molecule has 0 radical (unpaired) electrons. The topological polar surface area (TPSA) is 103 Å². The third kappa shape index (κ3) is 6.15. The highest BCUT2D eigenvalue weighted by atomic mass is 35.5. The SMILES string of the molecule is CC(O)CCNCC1(COc2ccc(C#N)c(F)c2)CN(S(=O)(=O)c2ccc(Cl)cc2Cl)C1. The van der Waals surface area contributed by atoms with Crippen LogP contribution in [0.2, 0.25) is 10.0 Å². The average molecular weight is 516 g/mol. The molecule has 0 amide bonds. The van der Waals surface area contributed by atoms with Crippen molar-refractivity contribution in [1.29, 1.82) is 5.26 Å². The predicted octanol–water partition coefficient (Wildman–Crippen LogP) is 3.43. The molecule has 2 aromatic rings. The molecule has 0 saturated carbocycles. The van der Waals surface area contributed by atoms with E-state index in [-0.39, 0.29) is 40.9 Å². The van der Waals surface area contributed by atoms with Gasteiger partial charge >= 0.3 is 0 Å². The van der Waals surface area contributed by atoms with Crippen LogP contribution in [-0.2, 0) is 10.0 Å². The van der Waals surface area contributed by atoms with Crippen LogP contribution in [0.3, 0.4) is 0 Å². The molecule has 0 aliphatic carbocycles. The van der Waals surface area contributed by atoms with E-state index >= 15 is 0 Å². The van der Waals surface area contributed by atoms with E-state index < -0.39 is 27.4 Å². The number of hydrogen-bond acceptors (Lipinski definition) is 6. The summed E-state index contributed by atoms with van der Waals surface area (Å²) in [5.74, 6) is -0.439. The third-order valence-corrected chi connectivity index (χ3v) is 7.89. The van der Waals surface area contributed by atoms with Gasteiger partial charge in [-0.05, 0) is 50.2 Å². The van der Waals surface area contributed by atoms with Gasteiger partial charge in [0.2, 0.25) is 10.0 Å². The van der Waals surface area contributed by atoms with E-state index in [1.54, 1.807) is 13.0 Å². The van der Waals surface area contributed by atoms with E-state index in [0.717, 1.165) is 6.07 Å². The molecule has 11 heteroatoms. The zero-order valence-electron chi connectivity index (χ0n) is 17.9. The first-order chi connectivity index (χ1) is 15.6. The summed E-state index contributed by atoms with van der Waals surface area (Å²) in [7, 11) is -3.84. The monoisotopic (exact) mass is 515 g/mol. The van der Waals surface area contributed by atoms with Crippen LogP contribution in [0.5, 0.6) is 5.75 Å². The summed E-state index contributed by atoms with van der Waals surface area (Å²) in [5.41, 5.74) is -0.660. The maximum absolute atomic E-state index is 13.9. The second kappa shape index (κ2) is 10.6. The first-order valence-electron chi connectivity index (χ1n) is 10.2. The summed E-state index contributed by atoms with van der Waals surface area (Å²) in [6.07, 6.45) is 0.0804. The molecule has 2 N–H and O–H groups in total. The fraction of sp³-hybridized carbons (Fsp3) is 0.409. The summed E-state index contributed by atoms with van der Waals surface area (Å²) in [5, 5.41) is 21.9. The van der Waals surface area contributed by atoms with Crippen LogP contribution in [0.15, 0.2) is 41.3 Å². The van der Waals surface area contributed by atoms with E-state index in [2.05, 4.69) is 5.32 Å². The molecule has 0 aromatic heterocycles. The van der Waals surface area contributed by atoms with Crippen LogP contribution >= 0.6 is 23.2 Å². The Labute approximate surface area is 202 Å². The van der Waals surface area contributed by atoms with Gasteiger partial charge in [-0.25, -0.2) is 12.8 Å². The van der Waals surface area contributed by atoms with Gasteiger partial charge in [0.05, 0.1) is 23.3 Å². The van der Waals surface area contributed by atoms with E-state index in [9.17, 15) is 17.9 Å². The van der Waals surface area contributed by atoms with Crippen LogP contribution in [0.25, 0.3) is 0 Å². The molecule has 2 aromatic carbocycles. The summed E-state index contributed by atoms with van der Waals surface area (Å²) in [6.45, 7) is 3.11. The largest absolute Gasteiger partial charge is 0.493 e. The minimum atomic E-state index is -3.84. The summed E-state index contributed by atoms with van der Waals surface area (Å²) in [6, 6.07) is 9.93. The molecule has 1 aliphatic heterocycles. The minimum Gasteiger partial charge on any atom is -0.493 e. The van der Waals surface area contributed by atoms with E-state index in [1.165, 1.54) is 34.6 Å². The highest BCUT2D eigenvalue weighted by molar-refractivity contribution is 7.89. The molecule has 7 nitrogen and oxygen atoms in total. The van der Waals surface area contributed by atoms with Crippen molar-refractivity contribution in [3.63, 3.8) is 0 Å². The molecule has 1 aliphatic rings. The second-order valence-electron chi connectivity index (χ2n) is 8.20. The molecule has 1 saturated heterocycles. The average Bonchev–Trinajstić information content (AvgIpc) is 2.71. The van der Waals surface area contributed by atoms with Crippen molar-refractivity contribution in [2.45, 2.75) is 24.3 Å². The second-order valence-corrected chi connectivity index (χ2v) is 11.0. The van der Waals surface area contributed by atoms with E-state index in [0.29, 0.717) is 24.5 Å². The number of benzene rings is 2. The standard InChI is InChI=1S/C22H24Cl2FN3O4S/c1-15(29)6-7-27-11-22(14-32-18-4-2-16(10-26)20(25)9-18)12-28(13-22)33(30,31)21-5-3-17(23)8-19(21)24/h2-5,8-9,15,27,29H,6-7,11-14H2,1H3. The molecule has 3 rings (SSSR count). The van der Waals surface area contributed by atoms with Gasteiger partial charge in [0.15, 0.2) is 0 Å². The van der Waals surface area contributed by atoms with Gasteiger partial charge in [0.25, 0.3) is 0 Å². The predicted molar refractivity (Wildman–Crippen MR) is 123 cm³/mol. The highest BCUT2D eigenvalue weighted by Crippen LogP contribution is 2.37. The van der Waals surface area contributed by atoms with E-state index in [1.807, 2.05) is 0 Å². The van der Waals surface area contributed by atoms with Gasteiger partial charge in [0.1, 0.15) is 22.5 Å². The number of hydrogen-bond donors (Lipinski definition) is 2. The molecule has 0 bridgehead atoms. The number of aliphatic hydroxyl groups excluding tert-OH is 1. The molecule has 1 unspecified atom stereocenters. The van der Waals surface area contributed by atoms with Gasteiger partial charge in [0, 0.05) is 36.1 Å². The quantitative estimate of drug-likeness (QED) is 0.470. The van der Waals surface area contributed by atoms with Crippen molar-refractivity contribution >= 4 is 33.2 Å². The Morgan fingerprint density at radius 2 is 2.03 bits per heavy atom.